The maximum atomic E-state index is 12.9. The van der Waals surface area contributed by atoms with Crippen LogP contribution < -0.4 is 0 Å². The van der Waals surface area contributed by atoms with Crippen LogP contribution in [0.15, 0.2) is 53.1 Å². The molecular weight excluding hydrogens is 306 g/mol. The molecule has 1 aliphatic rings. The van der Waals surface area contributed by atoms with Gasteiger partial charge in [0.25, 0.3) is 0 Å². The quantitative estimate of drug-likeness (QED) is 0.885. The SMILES string of the molecule is O=C(C1CCCOC1)N(Cc1ccccc1)CC(O)c1ccco1. The molecule has 2 atom stereocenters. The lowest BCUT2D eigenvalue weighted by molar-refractivity contribution is -0.142. The largest absolute Gasteiger partial charge is 0.467 e. The van der Waals surface area contributed by atoms with Crippen LogP contribution in [0.2, 0.25) is 0 Å². The van der Waals surface area contributed by atoms with Crippen LogP contribution in [0.4, 0.5) is 0 Å². The number of hydrogen-bond donors (Lipinski definition) is 1. The van der Waals surface area contributed by atoms with Crippen LogP contribution in [0, 0.1) is 5.92 Å². The molecule has 1 saturated heterocycles. The molecule has 2 heterocycles. The lowest BCUT2D eigenvalue weighted by Crippen LogP contribution is -2.41. The highest BCUT2D eigenvalue weighted by molar-refractivity contribution is 5.79. The highest BCUT2D eigenvalue weighted by atomic mass is 16.5. The summed E-state index contributed by atoms with van der Waals surface area (Å²) in [6.07, 6.45) is 2.42. The Labute approximate surface area is 141 Å². The van der Waals surface area contributed by atoms with Gasteiger partial charge in [-0.1, -0.05) is 30.3 Å². The first kappa shape index (κ1) is 16.7. The fourth-order valence-electron chi connectivity index (χ4n) is 3.01. The highest BCUT2D eigenvalue weighted by Gasteiger charge is 2.28. The number of furan rings is 1. The summed E-state index contributed by atoms with van der Waals surface area (Å²) in [4.78, 5) is 14.6. The second-order valence-corrected chi connectivity index (χ2v) is 6.15. The summed E-state index contributed by atoms with van der Waals surface area (Å²) in [7, 11) is 0. The van der Waals surface area contributed by atoms with Crippen molar-refractivity contribution in [3.8, 4) is 0 Å². The van der Waals surface area contributed by atoms with E-state index < -0.39 is 6.10 Å². The molecule has 1 amide bonds. The molecule has 1 aromatic carbocycles. The van der Waals surface area contributed by atoms with Gasteiger partial charge in [0.05, 0.1) is 25.3 Å². The van der Waals surface area contributed by atoms with Crippen molar-refractivity contribution in [3.63, 3.8) is 0 Å². The van der Waals surface area contributed by atoms with E-state index in [-0.39, 0.29) is 18.4 Å². The number of rotatable bonds is 6. The summed E-state index contributed by atoms with van der Waals surface area (Å²) in [6.45, 7) is 1.85. The molecule has 1 fully saturated rings. The molecule has 0 spiro atoms. The molecular formula is C19H23NO4. The average molecular weight is 329 g/mol. The third-order valence-corrected chi connectivity index (χ3v) is 4.30. The van der Waals surface area contributed by atoms with Crippen molar-refractivity contribution in [2.75, 3.05) is 19.8 Å². The molecule has 0 saturated carbocycles. The maximum Gasteiger partial charge on any atom is 0.228 e. The Morgan fingerprint density at radius 3 is 2.75 bits per heavy atom. The van der Waals surface area contributed by atoms with Gasteiger partial charge in [0.15, 0.2) is 0 Å². The van der Waals surface area contributed by atoms with Gasteiger partial charge in [-0.25, -0.2) is 0 Å². The van der Waals surface area contributed by atoms with Crippen molar-refractivity contribution in [3.05, 3.63) is 60.1 Å². The molecule has 1 aliphatic heterocycles. The molecule has 3 rings (SSSR count). The number of carbonyl (C=O) groups excluding carboxylic acids is 1. The van der Waals surface area contributed by atoms with Gasteiger partial charge in [-0.3, -0.25) is 4.79 Å². The van der Waals surface area contributed by atoms with E-state index in [4.69, 9.17) is 9.15 Å². The molecule has 0 aliphatic carbocycles. The minimum Gasteiger partial charge on any atom is -0.467 e. The molecule has 5 nitrogen and oxygen atoms in total. The van der Waals surface area contributed by atoms with Crippen molar-refractivity contribution < 1.29 is 19.1 Å². The molecule has 0 bridgehead atoms. The number of ether oxygens (including phenoxy) is 1. The first-order chi connectivity index (χ1) is 11.7. The summed E-state index contributed by atoms with van der Waals surface area (Å²) in [6, 6.07) is 13.3. The number of aliphatic hydroxyl groups is 1. The lowest BCUT2D eigenvalue weighted by Gasteiger charge is -2.30. The molecule has 128 valence electrons. The van der Waals surface area contributed by atoms with Gasteiger partial charge in [-0.2, -0.15) is 0 Å². The number of aliphatic hydroxyl groups excluding tert-OH is 1. The van der Waals surface area contributed by atoms with Crippen LogP contribution in [0.1, 0.15) is 30.3 Å². The molecule has 0 radical (unpaired) electrons. The molecule has 2 unspecified atom stereocenters. The van der Waals surface area contributed by atoms with Crippen LogP contribution >= 0.6 is 0 Å². The monoisotopic (exact) mass is 329 g/mol. The fourth-order valence-corrected chi connectivity index (χ4v) is 3.01. The van der Waals surface area contributed by atoms with E-state index in [1.54, 1.807) is 17.0 Å². The normalized spacial score (nSPS) is 19.0. The summed E-state index contributed by atoms with van der Waals surface area (Å²) >= 11 is 0. The minimum absolute atomic E-state index is 0.0316. The molecule has 1 aromatic heterocycles. The highest BCUT2D eigenvalue weighted by Crippen LogP contribution is 2.21. The van der Waals surface area contributed by atoms with Gasteiger partial charge >= 0.3 is 0 Å². The van der Waals surface area contributed by atoms with Gasteiger partial charge in [0.2, 0.25) is 5.91 Å². The van der Waals surface area contributed by atoms with E-state index in [2.05, 4.69) is 0 Å². The maximum absolute atomic E-state index is 12.9. The third kappa shape index (κ3) is 4.24. The smallest absolute Gasteiger partial charge is 0.228 e. The van der Waals surface area contributed by atoms with Gasteiger partial charge in [-0.05, 0) is 30.5 Å². The van der Waals surface area contributed by atoms with Crippen LogP contribution in [0.25, 0.3) is 0 Å². The second-order valence-electron chi connectivity index (χ2n) is 6.15. The van der Waals surface area contributed by atoms with Crippen molar-refractivity contribution in [2.24, 2.45) is 5.92 Å². The van der Waals surface area contributed by atoms with E-state index in [9.17, 15) is 9.90 Å². The van der Waals surface area contributed by atoms with E-state index in [0.717, 1.165) is 25.0 Å². The fraction of sp³-hybridized carbons (Fsp3) is 0.421. The predicted molar refractivity (Wildman–Crippen MR) is 89.1 cm³/mol. The van der Waals surface area contributed by atoms with Crippen LogP contribution in [-0.2, 0) is 16.1 Å². The number of amides is 1. The lowest BCUT2D eigenvalue weighted by atomic mass is 10.00. The predicted octanol–water partition coefficient (Wildman–Crippen LogP) is 2.77. The number of carbonyl (C=O) groups is 1. The summed E-state index contributed by atoms with van der Waals surface area (Å²) < 4.78 is 10.7. The summed E-state index contributed by atoms with van der Waals surface area (Å²) in [5, 5.41) is 10.4. The zero-order chi connectivity index (χ0) is 16.8. The second kappa shape index (κ2) is 8.13. The Morgan fingerprint density at radius 1 is 1.25 bits per heavy atom. The molecule has 5 heteroatoms. The Hall–Kier alpha value is -2.11. The molecule has 2 aromatic rings. The minimum atomic E-state index is -0.836. The Kier molecular flexibility index (Phi) is 5.67. The van der Waals surface area contributed by atoms with Gasteiger partial charge < -0.3 is 19.2 Å². The zero-order valence-corrected chi connectivity index (χ0v) is 13.6. The van der Waals surface area contributed by atoms with E-state index in [1.165, 1.54) is 6.26 Å². The van der Waals surface area contributed by atoms with Gasteiger partial charge in [-0.15, -0.1) is 0 Å². The topological polar surface area (TPSA) is 62.9 Å². The first-order valence-corrected chi connectivity index (χ1v) is 8.36. The Balaban J connectivity index is 1.73. The third-order valence-electron chi connectivity index (χ3n) is 4.30. The van der Waals surface area contributed by atoms with Crippen LogP contribution in [0.3, 0.4) is 0 Å². The van der Waals surface area contributed by atoms with Gasteiger partial charge in [0, 0.05) is 13.2 Å². The number of nitrogens with zero attached hydrogens (tertiary/aromatic N) is 1. The van der Waals surface area contributed by atoms with Crippen LogP contribution in [0.5, 0.6) is 0 Å². The zero-order valence-electron chi connectivity index (χ0n) is 13.6. The van der Waals surface area contributed by atoms with Crippen molar-refractivity contribution >= 4 is 5.91 Å². The Morgan fingerprint density at radius 2 is 2.08 bits per heavy atom. The van der Waals surface area contributed by atoms with E-state index >= 15 is 0 Å². The van der Waals surface area contributed by atoms with Crippen LogP contribution in [-0.4, -0.2) is 35.7 Å². The van der Waals surface area contributed by atoms with Crippen molar-refractivity contribution in [2.45, 2.75) is 25.5 Å². The van der Waals surface area contributed by atoms with Gasteiger partial charge in [0.1, 0.15) is 11.9 Å². The van der Waals surface area contributed by atoms with E-state index in [1.807, 2.05) is 30.3 Å². The summed E-state index contributed by atoms with van der Waals surface area (Å²) in [5.41, 5.74) is 1.04. The summed E-state index contributed by atoms with van der Waals surface area (Å²) in [5.74, 6) is 0.371. The van der Waals surface area contributed by atoms with E-state index in [0.29, 0.717) is 18.9 Å². The number of hydrogen-bond acceptors (Lipinski definition) is 4. The number of benzene rings is 1. The molecule has 24 heavy (non-hydrogen) atoms. The van der Waals surface area contributed by atoms with Crippen molar-refractivity contribution in [1.82, 2.24) is 4.90 Å². The standard InChI is InChI=1S/C19H23NO4/c21-17(18-9-5-11-24-18)13-20(12-15-6-2-1-3-7-15)19(22)16-8-4-10-23-14-16/h1-3,5-7,9,11,16-17,21H,4,8,10,12-14H2. The first-order valence-electron chi connectivity index (χ1n) is 8.36. The molecule has 1 N–H and O–H groups in total. The van der Waals surface area contributed by atoms with Crippen molar-refractivity contribution in [1.29, 1.82) is 0 Å². The Bertz CT molecular complexity index is 620. The average Bonchev–Trinajstić information content (AvgIpc) is 3.17.